The van der Waals surface area contributed by atoms with Crippen molar-refractivity contribution in [2.24, 2.45) is 9.98 Å². The van der Waals surface area contributed by atoms with Gasteiger partial charge in [-0.3, -0.25) is 9.39 Å². The maximum absolute atomic E-state index is 4.48. The van der Waals surface area contributed by atoms with Crippen molar-refractivity contribution >= 4 is 34.1 Å². The first kappa shape index (κ1) is 9.11. The van der Waals surface area contributed by atoms with Gasteiger partial charge in [0.25, 0.3) is 0 Å². The first-order valence-electron chi connectivity index (χ1n) is 4.58. The number of pyridine rings is 1. The van der Waals surface area contributed by atoms with Gasteiger partial charge >= 0.3 is 0 Å². The molecule has 0 aromatic carbocycles. The molecule has 0 bridgehead atoms. The van der Waals surface area contributed by atoms with Crippen LogP contribution in [0.5, 0.6) is 0 Å². The third kappa shape index (κ3) is 1.70. The zero-order valence-electron chi connectivity index (χ0n) is 7.83. The van der Waals surface area contributed by atoms with Crippen LogP contribution < -0.4 is 4.80 Å². The Bertz CT molecular complexity index is 581. The lowest BCUT2D eigenvalue weighted by Gasteiger charge is -1.90. The van der Waals surface area contributed by atoms with E-state index in [1.807, 2.05) is 28.8 Å². The van der Waals surface area contributed by atoms with Crippen LogP contribution in [0, 0.1) is 0 Å². The van der Waals surface area contributed by atoms with Crippen LogP contribution in [0.3, 0.4) is 0 Å². The molecule has 2 aromatic rings. The fraction of sp³-hybridized carbons (Fsp3) is 0.222. The molecule has 0 saturated heterocycles. The van der Waals surface area contributed by atoms with Crippen LogP contribution >= 0.6 is 23.3 Å². The molecule has 3 rings (SSSR count). The number of hydrogen-bond acceptors (Lipinski definition) is 5. The summed E-state index contributed by atoms with van der Waals surface area (Å²) in [7, 11) is 0. The molecule has 2 aromatic heterocycles. The van der Waals surface area contributed by atoms with E-state index in [1.54, 1.807) is 11.8 Å². The van der Waals surface area contributed by atoms with Crippen LogP contribution in [0.25, 0.3) is 5.65 Å². The number of hydrogen-bond donors (Lipinski definition) is 0. The van der Waals surface area contributed by atoms with Crippen LogP contribution in [0.1, 0.15) is 0 Å². The highest BCUT2D eigenvalue weighted by Crippen LogP contribution is 2.11. The fourth-order valence-electron chi connectivity index (χ4n) is 1.35. The van der Waals surface area contributed by atoms with Crippen molar-refractivity contribution < 1.29 is 0 Å². The van der Waals surface area contributed by atoms with Gasteiger partial charge in [-0.05, 0) is 12.1 Å². The average molecular weight is 236 g/mol. The normalized spacial score (nSPS) is 17.3. The van der Waals surface area contributed by atoms with Crippen LogP contribution in [0.15, 0.2) is 34.4 Å². The molecule has 0 unspecified atom stereocenters. The topological polar surface area (TPSA) is 42.0 Å². The van der Waals surface area contributed by atoms with Gasteiger partial charge in [0.05, 0.1) is 6.54 Å². The molecule has 0 saturated carbocycles. The predicted molar refractivity (Wildman–Crippen MR) is 63.4 cm³/mol. The molecular weight excluding hydrogens is 228 g/mol. The molecule has 0 amide bonds. The third-order valence-electron chi connectivity index (χ3n) is 2.03. The zero-order valence-corrected chi connectivity index (χ0v) is 9.46. The number of thioether (sulfide) groups is 1. The van der Waals surface area contributed by atoms with Crippen molar-refractivity contribution in [2.45, 2.75) is 0 Å². The first-order chi connectivity index (χ1) is 7.43. The monoisotopic (exact) mass is 236 g/mol. The lowest BCUT2D eigenvalue weighted by atomic mass is 10.5. The largest absolute Gasteiger partial charge is 0.275 e. The Kier molecular flexibility index (Phi) is 2.30. The van der Waals surface area contributed by atoms with E-state index in [0.717, 1.165) is 27.9 Å². The summed E-state index contributed by atoms with van der Waals surface area (Å²) in [6.45, 7) is 0.880. The molecule has 76 valence electrons. The van der Waals surface area contributed by atoms with E-state index in [1.165, 1.54) is 11.5 Å². The summed E-state index contributed by atoms with van der Waals surface area (Å²) in [5.41, 5.74) is 0.935. The van der Waals surface area contributed by atoms with Crippen molar-refractivity contribution in [3.8, 4) is 0 Å². The van der Waals surface area contributed by atoms with Crippen molar-refractivity contribution in [3.05, 3.63) is 29.2 Å². The quantitative estimate of drug-likeness (QED) is 0.694. The molecule has 0 spiro atoms. The van der Waals surface area contributed by atoms with Crippen molar-refractivity contribution in [3.63, 3.8) is 0 Å². The fourth-order valence-corrected chi connectivity index (χ4v) is 2.80. The molecule has 6 heteroatoms. The minimum atomic E-state index is 0.872. The summed E-state index contributed by atoms with van der Waals surface area (Å²) in [5.74, 6) is 1.04. The highest BCUT2D eigenvalue weighted by molar-refractivity contribution is 8.14. The van der Waals surface area contributed by atoms with Gasteiger partial charge in [0.2, 0.25) is 4.80 Å². The maximum atomic E-state index is 4.48. The highest BCUT2D eigenvalue weighted by atomic mass is 32.2. The Morgan fingerprint density at radius 2 is 2.40 bits per heavy atom. The minimum Gasteiger partial charge on any atom is -0.275 e. The zero-order chi connectivity index (χ0) is 10.1. The predicted octanol–water partition coefficient (Wildman–Crippen LogP) is 1.40. The summed E-state index contributed by atoms with van der Waals surface area (Å²) in [6, 6.07) is 5.92. The van der Waals surface area contributed by atoms with Gasteiger partial charge < -0.3 is 0 Å². The summed E-state index contributed by atoms with van der Waals surface area (Å²) in [5, 5.41) is 0.872. The average Bonchev–Trinajstić information content (AvgIpc) is 2.89. The molecule has 0 aliphatic carbocycles. The Hall–Kier alpha value is -1.14. The first-order valence-corrected chi connectivity index (χ1v) is 6.34. The van der Waals surface area contributed by atoms with E-state index >= 15 is 0 Å². The van der Waals surface area contributed by atoms with Crippen LogP contribution in [0.4, 0.5) is 0 Å². The molecule has 4 nitrogen and oxygen atoms in total. The Balaban J connectivity index is 2.18. The van der Waals surface area contributed by atoms with Crippen molar-refractivity contribution in [1.82, 2.24) is 8.77 Å². The molecular formula is C9H8N4S2. The van der Waals surface area contributed by atoms with Gasteiger partial charge in [-0.2, -0.15) is 9.37 Å². The molecule has 15 heavy (non-hydrogen) atoms. The van der Waals surface area contributed by atoms with Gasteiger partial charge in [-0.1, -0.05) is 17.8 Å². The molecule has 0 fully saturated rings. The van der Waals surface area contributed by atoms with Crippen LogP contribution in [-0.4, -0.2) is 26.2 Å². The minimum absolute atomic E-state index is 0.872. The SMILES string of the molecule is c1ccn2c(=NC3=NCCS3)snc2c1. The number of rotatable bonds is 0. The number of aliphatic imine (C=N–C) groups is 1. The molecule has 0 radical (unpaired) electrons. The summed E-state index contributed by atoms with van der Waals surface area (Å²) < 4.78 is 6.29. The van der Waals surface area contributed by atoms with Gasteiger partial charge in [0, 0.05) is 23.5 Å². The molecule has 3 heterocycles. The van der Waals surface area contributed by atoms with Crippen molar-refractivity contribution in [1.29, 1.82) is 0 Å². The standard InChI is InChI=1S/C9H8N4S2/c1-2-5-13-7(3-1)12-15-9(13)11-8-10-4-6-14-8/h1-3,5H,4,6H2. The molecule has 1 aliphatic heterocycles. The van der Waals surface area contributed by atoms with Crippen LogP contribution in [-0.2, 0) is 0 Å². The van der Waals surface area contributed by atoms with Gasteiger partial charge in [-0.25, -0.2) is 0 Å². The second-order valence-corrected chi connectivity index (χ2v) is 4.81. The lowest BCUT2D eigenvalue weighted by molar-refractivity contribution is 1.10. The van der Waals surface area contributed by atoms with Crippen LogP contribution in [0.2, 0.25) is 0 Å². The maximum Gasteiger partial charge on any atom is 0.215 e. The van der Waals surface area contributed by atoms with E-state index in [9.17, 15) is 0 Å². The summed E-state index contributed by atoms with van der Waals surface area (Å²) >= 11 is 3.10. The van der Waals surface area contributed by atoms with Gasteiger partial charge in [0.1, 0.15) is 0 Å². The Labute approximate surface area is 94.6 Å². The second-order valence-electron chi connectivity index (χ2n) is 3.02. The summed E-state index contributed by atoms with van der Waals surface area (Å²) in [6.07, 6.45) is 1.97. The number of aromatic nitrogens is 2. The molecule has 0 atom stereocenters. The summed E-state index contributed by atoms with van der Waals surface area (Å²) in [4.78, 5) is 9.66. The van der Waals surface area contributed by atoms with E-state index in [-0.39, 0.29) is 0 Å². The van der Waals surface area contributed by atoms with E-state index < -0.39 is 0 Å². The van der Waals surface area contributed by atoms with Gasteiger partial charge in [0.15, 0.2) is 10.8 Å². The van der Waals surface area contributed by atoms with E-state index in [2.05, 4.69) is 14.4 Å². The number of amidine groups is 1. The number of fused-ring (bicyclic) bond motifs is 1. The van der Waals surface area contributed by atoms with Crippen molar-refractivity contribution in [2.75, 3.05) is 12.3 Å². The smallest absolute Gasteiger partial charge is 0.215 e. The Morgan fingerprint density at radius 3 is 3.27 bits per heavy atom. The Morgan fingerprint density at radius 1 is 1.40 bits per heavy atom. The van der Waals surface area contributed by atoms with E-state index in [0.29, 0.717) is 0 Å². The molecule has 1 aliphatic rings. The van der Waals surface area contributed by atoms with Gasteiger partial charge in [-0.15, -0.1) is 0 Å². The second kappa shape index (κ2) is 3.79. The third-order valence-corrected chi connectivity index (χ3v) is 3.62. The molecule has 0 N–H and O–H groups in total. The lowest BCUT2D eigenvalue weighted by Crippen LogP contribution is -2.07. The highest BCUT2D eigenvalue weighted by Gasteiger charge is 2.05. The number of nitrogens with zero attached hydrogens (tertiary/aromatic N) is 4. The van der Waals surface area contributed by atoms with E-state index in [4.69, 9.17) is 0 Å².